The number of hydrogen-bond donors (Lipinski definition) is 2. The molecule has 12 nitrogen and oxygen atoms in total. The highest BCUT2D eigenvalue weighted by atomic mass is 32.2. The number of benzene rings is 2. The lowest BCUT2D eigenvalue weighted by atomic mass is 9.86. The molecule has 44 heavy (non-hydrogen) atoms. The van der Waals surface area contributed by atoms with Crippen molar-refractivity contribution in [2.45, 2.75) is 77.0 Å². The fourth-order valence-electron chi connectivity index (χ4n) is 5.21. The van der Waals surface area contributed by atoms with Crippen LogP contribution in [0.2, 0.25) is 0 Å². The first-order valence-electron chi connectivity index (χ1n) is 14.0. The van der Waals surface area contributed by atoms with E-state index in [1.54, 1.807) is 77.9 Å². The SMILES string of the molecule is CCS(=O)(=O)N(C)[C@H]1c2cc(C#N)ccc2OC(C)(C)[C@@H]1O.CCS(=O)(=O)N(C)[C@H]1c2cc(C#N)ccc2OC(C)(C)[C@@H]1O. The van der Waals surface area contributed by atoms with E-state index in [1.807, 2.05) is 12.1 Å². The monoisotopic (exact) mass is 648 g/mol. The van der Waals surface area contributed by atoms with E-state index < -0.39 is 55.5 Å². The van der Waals surface area contributed by atoms with Crippen LogP contribution in [-0.4, -0.2) is 84.7 Å². The van der Waals surface area contributed by atoms with Crippen molar-refractivity contribution in [2.75, 3.05) is 25.6 Å². The Kier molecular flexibility index (Phi) is 10.1. The largest absolute Gasteiger partial charge is 0.485 e. The average Bonchev–Trinajstić information content (AvgIpc) is 2.97. The second kappa shape index (κ2) is 12.6. The summed E-state index contributed by atoms with van der Waals surface area (Å²) >= 11 is 0. The summed E-state index contributed by atoms with van der Waals surface area (Å²) < 4.78 is 62.8. The van der Waals surface area contributed by atoms with Gasteiger partial charge in [-0.15, -0.1) is 0 Å². The molecule has 0 unspecified atom stereocenters. The van der Waals surface area contributed by atoms with Crippen LogP contribution in [0.1, 0.15) is 75.9 Å². The average molecular weight is 649 g/mol. The second-order valence-corrected chi connectivity index (χ2v) is 16.4. The first-order valence-corrected chi connectivity index (χ1v) is 17.2. The van der Waals surface area contributed by atoms with Gasteiger partial charge < -0.3 is 19.7 Å². The zero-order chi connectivity index (χ0) is 33.4. The number of hydrogen-bond acceptors (Lipinski definition) is 10. The summed E-state index contributed by atoms with van der Waals surface area (Å²) in [6, 6.07) is 12.1. The highest BCUT2D eigenvalue weighted by Gasteiger charge is 2.48. The van der Waals surface area contributed by atoms with Crippen molar-refractivity contribution in [3.8, 4) is 23.6 Å². The van der Waals surface area contributed by atoms with E-state index in [4.69, 9.17) is 20.0 Å². The maximum atomic E-state index is 12.2. The van der Waals surface area contributed by atoms with Crippen molar-refractivity contribution in [2.24, 2.45) is 0 Å². The molecule has 14 heteroatoms. The van der Waals surface area contributed by atoms with Gasteiger partial charge in [0.2, 0.25) is 20.0 Å². The minimum absolute atomic E-state index is 0.0682. The van der Waals surface area contributed by atoms with Crippen molar-refractivity contribution in [1.82, 2.24) is 8.61 Å². The fraction of sp³-hybridized carbons (Fsp3) is 0.533. The molecule has 2 heterocycles. The molecular formula is C30H40N4O8S2. The summed E-state index contributed by atoms with van der Waals surface area (Å²) in [5, 5.41) is 39.4. The molecule has 0 fully saturated rings. The topological polar surface area (TPSA) is 181 Å². The molecule has 240 valence electrons. The van der Waals surface area contributed by atoms with Gasteiger partial charge in [0.05, 0.1) is 46.9 Å². The van der Waals surface area contributed by atoms with Gasteiger partial charge >= 0.3 is 0 Å². The maximum absolute atomic E-state index is 12.2. The van der Waals surface area contributed by atoms with E-state index in [9.17, 15) is 27.0 Å². The Balaban J connectivity index is 0.000000240. The van der Waals surface area contributed by atoms with Crippen LogP contribution in [0.3, 0.4) is 0 Å². The van der Waals surface area contributed by atoms with E-state index in [-0.39, 0.29) is 11.5 Å². The number of likely N-dealkylation sites (N-methyl/N-ethyl adjacent to an activating group) is 2. The summed E-state index contributed by atoms with van der Waals surface area (Å²) in [6.45, 7) is 9.93. The normalized spacial score (nSPS) is 23.5. The molecule has 2 aliphatic heterocycles. The summed E-state index contributed by atoms with van der Waals surface area (Å²) in [5.41, 5.74) is -0.0916. The first-order chi connectivity index (χ1) is 20.3. The molecule has 0 saturated carbocycles. The Morgan fingerprint density at radius 3 is 1.32 bits per heavy atom. The number of nitriles is 2. The number of rotatable bonds is 6. The van der Waals surface area contributed by atoms with Gasteiger partial charge in [-0.3, -0.25) is 0 Å². The molecule has 0 bridgehead atoms. The molecule has 2 aromatic rings. The third kappa shape index (κ3) is 6.71. The van der Waals surface area contributed by atoms with Gasteiger partial charge in [0.25, 0.3) is 0 Å². The number of aliphatic hydroxyl groups is 2. The zero-order valence-electron chi connectivity index (χ0n) is 26.1. The Bertz CT molecular complexity index is 1570. The van der Waals surface area contributed by atoms with Gasteiger partial charge in [0, 0.05) is 25.2 Å². The molecular weight excluding hydrogens is 608 g/mol. The molecule has 2 aromatic carbocycles. The number of sulfonamides is 2. The maximum Gasteiger partial charge on any atom is 0.214 e. The quantitative estimate of drug-likeness (QED) is 0.473. The van der Waals surface area contributed by atoms with Crippen LogP contribution in [0, 0.1) is 22.7 Å². The molecule has 0 spiro atoms. The van der Waals surface area contributed by atoms with Crippen molar-refractivity contribution in [3.63, 3.8) is 0 Å². The number of ether oxygens (including phenoxy) is 2. The highest BCUT2D eigenvalue weighted by Crippen LogP contribution is 2.45. The highest BCUT2D eigenvalue weighted by molar-refractivity contribution is 7.89. The number of nitrogens with zero attached hydrogens (tertiary/aromatic N) is 4. The van der Waals surface area contributed by atoms with Crippen molar-refractivity contribution in [1.29, 1.82) is 10.5 Å². The van der Waals surface area contributed by atoms with Crippen molar-refractivity contribution >= 4 is 20.0 Å². The number of fused-ring (bicyclic) bond motifs is 2. The molecule has 0 amide bonds. The van der Waals surface area contributed by atoms with Crippen LogP contribution < -0.4 is 9.47 Å². The van der Waals surface area contributed by atoms with Crippen LogP contribution in [0.5, 0.6) is 11.5 Å². The second-order valence-electron chi connectivity index (χ2n) is 11.8. The fourth-order valence-corrected chi connectivity index (χ4v) is 7.18. The number of aliphatic hydroxyl groups excluding tert-OH is 2. The van der Waals surface area contributed by atoms with E-state index in [1.165, 1.54) is 22.7 Å². The van der Waals surface area contributed by atoms with Crippen LogP contribution in [0.4, 0.5) is 0 Å². The van der Waals surface area contributed by atoms with E-state index in [2.05, 4.69) is 0 Å². The predicted octanol–water partition coefficient (Wildman–Crippen LogP) is 2.83. The zero-order valence-corrected chi connectivity index (χ0v) is 27.8. The Morgan fingerprint density at radius 2 is 1.05 bits per heavy atom. The summed E-state index contributed by atoms with van der Waals surface area (Å²) in [5.74, 6) is 0.831. The minimum Gasteiger partial charge on any atom is -0.485 e. The summed E-state index contributed by atoms with van der Waals surface area (Å²) in [7, 11) is -4.13. The molecule has 2 aliphatic rings. The van der Waals surface area contributed by atoms with E-state index in [0.29, 0.717) is 33.8 Å². The van der Waals surface area contributed by atoms with Gasteiger partial charge in [0.1, 0.15) is 34.9 Å². The molecule has 0 aromatic heterocycles. The third-order valence-corrected chi connectivity index (χ3v) is 11.7. The van der Waals surface area contributed by atoms with Crippen LogP contribution >= 0.6 is 0 Å². The molecule has 0 radical (unpaired) electrons. The van der Waals surface area contributed by atoms with Gasteiger partial charge in [-0.2, -0.15) is 19.1 Å². The lowest BCUT2D eigenvalue weighted by Gasteiger charge is -2.44. The van der Waals surface area contributed by atoms with Gasteiger partial charge in [-0.1, -0.05) is 0 Å². The minimum atomic E-state index is -3.51. The molecule has 4 rings (SSSR count). The van der Waals surface area contributed by atoms with Gasteiger partial charge in [-0.05, 0) is 77.9 Å². The van der Waals surface area contributed by atoms with E-state index in [0.717, 1.165) is 0 Å². The standard InChI is InChI=1S/2C15H20N2O4S/c2*1-5-22(19,20)17(4)13-11-8-10(9-16)6-7-12(11)21-15(2,3)14(13)18/h2*6-8,13-14,18H,5H2,1-4H3/t2*13-,14+/m00/s1. The van der Waals surface area contributed by atoms with E-state index >= 15 is 0 Å². The Morgan fingerprint density at radius 1 is 0.727 bits per heavy atom. The lowest BCUT2D eigenvalue weighted by molar-refractivity contribution is -0.0764. The first kappa shape index (κ1) is 35.2. The summed E-state index contributed by atoms with van der Waals surface area (Å²) in [6.07, 6.45) is -2.11. The Labute approximate surface area is 260 Å². The van der Waals surface area contributed by atoms with Gasteiger partial charge in [0.15, 0.2) is 0 Å². The molecule has 0 aliphatic carbocycles. The van der Waals surface area contributed by atoms with Crippen LogP contribution in [-0.2, 0) is 20.0 Å². The van der Waals surface area contributed by atoms with Gasteiger partial charge in [-0.25, -0.2) is 16.8 Å². The molecule has 0 saturated heterocycles. The third-order valence-electron chi connectivity index (χ3n) is 8.07. The Hall–Kier alpha value is -3.24. The van der Waals surface area contributed by atoms with Crippen molar-refractivity contribution in [3.05, 3.63) is 58.7 Å². The van der Waals surface area contributed by atoms with Crippen molar-refractivity contribution < 1.29 is 36.5 Å². The summed E-state index contributed by atoms with van der Waals surface area (Å²) in [4.78, 5) is 0. The smallest absolute Gasteiger partial charge is 0.214 e. The molecule has 2 N–H and O–H groups in total. The molecule has 4 atom stereocenters. The van der Waals surface area contributed by atoms with Crippen LogP contribution in [0.25, 0.3) is 0 Å². The predicted molar refractivity (Wildman–Crippen MR) is 164 cm³/mol. The lowest BCUT2D eigenvalue weighted by Crippen LogP contribution is -2.54. The van der Waals surface area contributed by atoms with Crippen LogP contribution in [0.15, 0.2) is 36.4 Å².